The number of halogens is 2. The first-order chi connectivity index (χ1) is 10.9. The van der Waals surface area contributed by atoms with Gasteiger partial charge in [-0.2, -0.15) is 10.2 Å². The number of nitrogens with zero attached hydrogens (tertiary/aromatic N) is 4. The molecule has 0 spiro atoms. The molecule has 0 saturated heterocycles. The van der Waals surface area contributed by atoms with Gasteiger partial charge in [0.1, 0.15) is 5.82 Å². The fraction of sp³-hybridized carbons (Fsp3) is 0.308. The first kappa shape index (κ1) is 15.4. The molecular weight excluding hydrogens is 328 g/mol. The summed E-state index contributed by atoms with van der Waals surface area (Å²) in [4.78, 5) is 3.80. The summed E-state index contributed by atoms with van der Waals surface area (Å²) in [5.74, 6) is -1.68. The van der Waals surface area contributed by atoms with Crippen LogP contribution in [0.3, 0.4) is 0 Å². The Labute approximate surface area is 130 Å². The number of nitrogens with one attached hydrogen (secondary N) is 1. The molecule has 1 aliphatic heterocycles. The van der Waals surface area contributed by atoms with E-state index < -0.39 is 33.8 Å². The summed E-state index contributed by atoms with van der Waals surface area (Å²) in [5.41, 5.74) is 0.255. The summed E-state index contributed by atoms with van der Waals surface area (Å²) in [7, 11) is -3.93. The average Bonchev–Trinajstić information content (AvgIpc) is 2.99. The Hall–Kier alpha value is -2.54. The zero-order chi connectivity index (χ0) is 16.6. The number of hydrogen-bond donors (Lipinski definition) is 1. The van der Waals surface area contributed by atoms with Crippen molar-refractivity contribution < 1.29 is 17.2 Å². The van der Waals surface area contributed by atoms with Crippen molar-refractivity contribution in [2.24, 2.45) is 0 Å². The highest BCUT2D eigenvalue weighted by molar-refractivity contribution is 7.92. The summed E-state index contributed by atoms with van der Waals surface area (Å²) in [5, 5.41) is 12.4. The fourth-order valence-electron chi connectivity index (χ4n) is 2.49. The molecule has 0 fully saturated rings. The van der Waals surface area contributed by atoms with Crippen molar-refractivity contribution in [3.05, 3.63) is 41.5 Å². The van der Waals surface area contributed by atoms with E-state index in [0.29, 0.717) is 0 Å². The van der Waals surface area contributed by atoms with Crippen LogP contribution in [-0.2, 0) is 10.0 Å². The molecule has 2 atom stereocenters. The van der Waals surface area contributed by atoms with Crippen LogP contribution < -0.4 is 4.72 Å². The van der Waals surface area contributed by atoms with E-state index in [0.717, 1.165) is 0 Å². The molecule has 0 radical (unpaired) electrons. The van der Waals surface area contributed by atoms with Gasteiger partial charge < -0.3 is 0 Å². The minimum Gasteiger partial charge on any atom is -0.249 e. The lowest BCUT2D eigenvalue weighted by atomic mass is 10.0. The van der Waals surface area contributed by atoms with Crippen molar-refractivity contribution >= 4 is 16.0 Å². The molecule has 0 aliphatic carbocycles. The van der Waals surface area contributed by atoms with Crippen molar-refractivity contribution in [2.75, 3.05) is 10.5 Å². The van der Waals surface area contributed by atoms with Crippen LogP contribution >= 0.6 is 0 Å². The highest BCUT2D eigenvalue weighted by atomic mass is 32.2. The van der Waals surface area contributed by atoms with E-state index in [4.69, 9.17) is 5.26 Å². The normalized spacial score (nSPS) is 20.0. The van der Waals surface area contributed by atoms with Gasteiger partial charge in [-0.05, 0) is 6.07 Å². The van der Waals surface area contributed by atoms with Gasteiger partial charge in [-0.1, -0.05) is 18.2 Å². The summed E-state index contributed by atoms with van der Waals surface area (Å²) in [6.07, 6.45) is -1.51. The van der Waals surface area contributed by atoms with Gasteiger partial charge in [0.25, 0.3) is 5.95 Å². The van der Waals surface area contributed by atoms with E-state index in [1.807, 2.05) is 4.72 Å². The molecular formula is C13H11F2N5O2S. The van der Waals surface area contributed by atoms with Gasteiger partial charge in [-0.15, -0.1) is 5.10 Å². The molecule has 1 aromatic heterocycles. The van der Waals surface area contributed by atoms with E-state index in [-0.39, 0.29) is 23.8 Å². The third-order valence-corrected chi connectivity index (χ3v) is 4.43. The van der Waals surface area contributed by atoms with E-state index in [2.05, 4.69) is 10.1 Å². The van der Waals surface area contributed by atoms with Crippen molar-refractivity contribution in [1.82, 2.24) is 14.8 Å². The minimum atomic E-state index is -3.93. The van der Waals surface area contributed by atoms with Gasteiger partial charge in [-0.3, -0.25) is 0 Å². The molecule has 0 bridgehead atoms. The van der Waals surface area contributed by atoms with E-state index in [1.165, 1.54) is 29.0 Å². The predicted molar refractivity (Wildman–Crippen MR) is 76.0 cm³/mol. The monoisotopic (exact) mass is 339 g/mol. The fourth-order valence-corrected chi connectivity index (χ4v) is 3.09. The van der Waals surface area contributed by atoms with Crippen LogP contribution in [0.5, 0.6) is 0 Å². The van der Waals surface area contributed by atoms with Gasteiger partial charge in [0.2, 0.25) is 10.0 Å². The molecule has 2 heterocycles. The lowest BCUT2D eigenvalue weighted by molar-refractivity contribution is 0.327. The maximum absolute atomic E-state index is 14.1. The first-order valence-corrected chi connectivity index (χ1v) is 8.29. The Morgan fingerprint density at radius 1 is 1.43 bits per heavy atom. The Kier molecular flexibility index (Phi) is 3.73. The molecule has 7 nitrogen and oxygen atoms in total. The molecule has 2 aromatic rings. The van der Waals surface area contributed by atoms with E-state index >= 15 is 0 Å². The summed E-state index contributed by atoms with van der Waals surface area (Å²) in [6, 6.07) is 6.70. The van der Waals surface area contributed by atoms with Crippen LogP contribution in [0.1, 0.15) is 30.0 Å². The Bertz CT molecular complexity index is 890. The number of anilines is 1. The minimum absolute atomic E-state index is 0.0263. The highest BCUT2D eigenvalue weighted by Crippen LogP contribution is 2.40. The molecule has 10 heteroatoms. The van der Waals surface area contributed by atoms with Crippen LogP contribution in [0.2, 0.25) is 0 Å². The lowest BCUT2D eigenvalue weighted by Gasteiger charge is -2.12. The summed E-state index contributed by atoms with van der Waals surface area (Å²) < 4.78 is 54.3. The number of sulfonamides is 1. The van der Waals surface area contributed by atoms with E-state index in [9.17, 15) is 17.2 Å². The summed E-state index contributed by atoms with van der Waals surface area (Å²) in [6.45, 7) is 0. The van der Waals surface area contributed by atoms with Crippen LogP contribution in [0.25, 0.3) is 0 Å². The third-order valence-electron chi connectivity index (χ3n) is 3.43. The molecule has 1 aromatic carbocycles. The van der Waals surface area contributed by atoms with Crippen molar-refractivity contribution in [3.63, 3.8) is 0 Å². The predicted octanol–water partition coefficient (Wildman–Crippen LogP) is 1.69. The Morgan fingerprint density at radius 3 is 2.87 bits per heavy atom. The molecule has 120 valence electrons. The van der Waals surface area contributed by atoms with Gasteiger partial charge in [-0.25, -0.2) is 26.6 Å². The molecule has 23 heavy (non-hydrogen) atoms. The lowest BCUT2D eigenvalue weighted by Crippen LogP contribution is -2.17. The average molecular weight is 339 g/mol. The van der Waals surface area contributed by atoms with Crippen LogP contribution in [-0.4, -0.2) is 28.9 Å². The smallest absolute Gasteiger partial charge is 0.249 e. The van der Waals surface area contributed by atoms with Crippen molar-refractivity contribution in [1.29, 1.82) is 5.26 Å². The zero-order valence-electron chi connectivity index (χ0n) is 11.6. The third kappa shape index (κ3) is 2.87. The van der Waals surface area contributed by atoms with E-state index in [1.54, 1.807) is 6.07 Å². The van der Waals surface area contributed by atoms with Crippen molar-refractivity contribution in [3.8, 4) is 6.07 Å². The molecule has 0 amide bonds. The quantitative estimate of drug-likeness (QED) is 0.913. The largest absolute Gasteiger partial charge is 0.256 e. The first-order valence-electron chi connectivity index (χ1n) is 6.63. The van der Waals surface area contributed by atoms with Gasteiger partial charge in [0.15, 0.2) is 17.7 Å². The van der Waals surface area contributed by atoms with Crippen LogP contribution in [0.4, 0.5) is 14.7 Å². The standard InChI is InChI=1S/C13H11F2N5O2S/c14-9-4-2-1-3-8(9)11-7-10(15)12-17-13(18-20(11)12)19-23(21,22)6-5-16/h1-4,10-11H,6-7H2,(H,18,19)/t10-,11-/m0/s1. The molecule has 1 N–H and O–H groups in total. The van der Waals surface area contributed by atoms with Gasteiger partial charge in [0, 0.05) is 12.0 Å². The summed E-state index contributed by atoms with van der Waals surface area (Å²) >= 11 is 0. The second-order valence-electron chi connectivity index (χ2n) is 5.00. The van der Waals surface area contributed by atoms with Gasteiger partial charge >= 0.3 is 0 Å². The number of aromatic nitrogens is 3. The molecule has 1 aliphatic rings. The topological polar surface area (TPSA) is 101 Å². The maximum atomic E-state index is 14.1. The number of hydrogen-bond acceptors (Lipinski definition) is 5. The number of fused-ring (bicyclic) bond motifs is 1. The number of rotatable bonds is 4. The molecule has 3 rings (SSSR count). The SMILES string of the molecule is N#CCS(=O)(=O)Nc1nc2n(n1)[C@H](c1ccccc1F)C[C@@H]2F. The van der Waals surface area contributed by atoms with Gasteiger partial charge in [0.05, 0.1) is 12.1 Å². The highest BCUT2D eigenvalue weighted by Gasteiger charge is 2.37. The number of alkyl halides is 1. The van der Waals surface area contributed by atoms with Crippen LogP contribution in [0, 0.1) is 17.1 Å². The molecule has 0 unspecified atom stereocenters. The molecule has 0 saturated carbocycles. The number of nitriles is 1. The van der Waals surface area contributed by atoms with Crippen LogP contribution in [0.15, 0.2) is 24.3 Å². The maximum Gasteiger partial charge on any atom is 0.256 e. The Morgan fingerprint density at radius 2 is 2.17 bits per heavy atom. The van der Waals surface area contributed by atoms with Crippen molar-refractivity contribution in [2.45, 2.75) is 18.6 Å². The zero-order valence-corrected chi connectivity index (χ0v) is 12.5. The second kappa shape index (κ2) is 5.58. The Balaban J connectivity index is 1.96. The number of benzene rings is 1. The second-order valence-corrected chi connectivity index (χ2v) is 6.72.